The molecule has 2 unspecified atom stereocenters. The number of carbonyl (C=O) groups excluding carboxylic acids is 1. The van der Waals surface area contributed by atoms with Crippen molar-refractivity contribution in [1.29, 1.82) is 0 Å². The van der Waals surface area contributed by atoms with Crippen LogP contribution in [0.25, 0.3) is 0 Å². The molecule has 1 amide bonds. The number of amides is 1. The van der Waals surface area contributed by atoms with Crippen LogP contribution >= 0.6 is 15.9 Å². The van der Waals surface area contributed by atoms with Crippen molar-refractivity contribution in [2.75, 3.05) is 6.61 Å². The van der Waals surface area contributed by atoms with Gasteiger partial charge in [-0.3, -0.25) is 4.79 Å². The van der Waals surface area contributed by atoms with Crippen molar-refractivity contribution >= 4 is 21.8 Å². The van der Waals surface area contributed by atoms with E-state index in [0.29, 0.717) is 6.61 Å². The van der Waals surface area contributed by atoms with Gasteiger partial charge in [0.1, 0.15) is 5.75 Å². The molecule has 0 fully saturated rings. The Labute approximate surface area is 145 Å². The first-order chi connectivity index (χ1) is 11.2. The summed E-state index contributed by atoms with van der Waals surface area (Å²) in [4.78, 5) is 12.8. The molecule has 3 rings (SSSR count). The Morgan fingerprint density at radius 2 is 2.09 bits per heavy atom. The maximum absolute atomic E-state index is 12.8. The molecule has 1 aliphatic heterocycles. The van der Waals surface area contributed by atoms with Crippen molar-refractivity contribution in [1.82, 2.24) is 5.32 Å². The van der Waals surface area contributed by atoms with Crippen LogP contribution in [0.1, 0.15) is 42.9 Å². The average Bonchev–Trinajstić information content (AvgIpc) is 2.57. The minimum absolute atomic E-state index is 0.00140. The second-order valence-electron chi connectivity index (χ2n) is 5.75. The fraction of sp³-hybridized carbons (Fsp3) is 0.316. The predicted molar refractivity (Wildman–Crippen MR) is 94.6 cm³/mol. The van der Waals surface area contributed by atoms with Gasteiger partial charge in [0.05, 0.1) is 18.6 Å². The first-order valence-corrected chi connectivity index (χ1v) is 8.76. The Morgan fingerprint density at radius 3 is 2.83 bits per heavy atom. The molecular formula is C19H20BrNO2. The molecule has 3 nitrogen and oxygen atoms in total. The molecule has 0 saturated heterocycles. The fourth-order valence-corrected chi connectivity index (χ4v) is 3.42. The average molecular weight is 374 g/mol. The van der Waals surface area contributed by atoms with E-state index in [2.05, 4.69) is 21.2 Å². The zero-order valence-electron chi connectivity index (χ0n) is 13.1. The molecule has 0 saturated carbocycles. The second-order valence-corrected chi connectivity index (χ2v) is 6.67. The summed E-state index contributed by atoms with van der Waals surface area (Å²) in [6.45, 7) is 2.67. The highest BCUT2D eigenvalue weighted by molar-refractivity contribution is 9.10. The molecule has 120 valence electrons. The first-order valence-electron chi connectivity index (χ1n) is 7.96. The molecule has 23 heavy (non-hydrogen) atoms. The molecule has 1 N–H and O–H groups in total. The molecule has 0 radical (unpaired) electrons. The normalized spacial score (nSPS) is 17.7. The van der Waals surface area contributed by atoms with Gasteiger partial charge in [0, 0.05) is 16.5 Å². The molecule has 0 spiro atoms. The number of halogens is 1. The molecular weight excluding hydrogens is 354 g/mol. The van der Waals surface area contributed by atoms with Gasteiger partial charge in [0.2, 0.25) is 5.91 Å². The smallest absolute Gasteiger partial charge is 0.228 e. The lowest BCUT2D eigenvalue weighted by Crippen LogP contribution is -2.35. The summed E-state index contributed by atoms with van der Waals surface area (Å²) in [7, 11) is 0. The van der Waals surface area contributed by atoms with E-state index in [1.807, 2.05) is 55.5 Å². The monoisotopic (exact) mass is 373 g/mol. The Morgan fingerprint density at radius 1 is 1.30 bits per heavy atom. The third-order valence-corrected chi connectivity index (χ3v) is 4.75. The van der Waals surface area contributed by atoms with Crippen LogP contribution in [0.5, 0.6) is 5.75 Å². The van der Waals surface area contributed by atoms with Crippen molar-refractivity contribution in [2.45, 2.75) is 31.7 Å². The lowest BCUT2D eigenvalue weighted by atomic mass is 9.94. The number of benzene rings is 2. The van der Waals surface area contributed by atoms with Gasteiger partial charge in [0.15, 0.2) is 0 Å². The summed E-state index contributed by atoms with van der Waals surface area (Å²) in [5, 5.41) is 3.21. The number of rotatable bonds is 4. The number of carbonyl (C=O) groups is 1. The number of fused-ring (bicyclic) bond motifs is 1. The molecule has 2 atom stereocenters. The maximum Gasteiger partial charge on any atom is 0.228 e. The van der Waals surface area contributed by atoms with Gasteiger partial charge < -0.3 is 10.1 Å². The van der Waals surface area contributed by atoms with Gasteiger partial charge in [0.25, 0.3) is 0 Å². The summed E-state index contributed by atoms with van der Waals surface area (Å²) in [6.07, 6.45) is 1.57. The van der Waals surface area contributed by atoms with Gasteiger partial charge in [-0.25, -0.2) is 0 Å². The molecule has 0 aliphatic carbocycles. The number of hydrogen-bond acceptors (Lipinski definition) is 2. The Hall–Kier alpha value is -1.81. The molecule has 1 heterocycles. The van der Waals surface area contributed by atoms with E-state index in [-0.39, 0.29) is 17.9 Å². The van der Waals surface area contributed by atoms with Gasteiger partial charge in [-0.05, 0) is 30.2 Å². The van der Waals surface area contributed by atoms with Crippen LogP contribution < -0.4 is 10.1 Å². The summed E-state index contributed by atoms with van der Waals surface area (Å²) in [6, 6.07) is 15.9. The summed E-state index contributed by atoms with van der Waals surface area (Å²) >= 11 is 3.50. The maximum atomic E-state index is 12.8. The van der Waals surface area contributed by atoms with E-state index in [1.165, 1.54) is 0 Å². The van der Waals surface area contributed by atoms with Crippen molar-refractivity contribution in [3.63, 3.8) is 0 Å². The van der Waals surface area contributed by atoms with Gasteiger partial charge >= 0.3 is 0 Å². The highest BCUT2D eigenvalue weighted by atomic mass is 79.9. The zero-order valence-corrected chi connectivity index (χ0v) is 14.7. The number of nitrogens with one attached hydrogen (secondary N) is 1. The van der Waals surface area contributed by atoms with Crippen molar-refractivity contribution in [3.05, 3.63) is 64.1 Å². The van der Waals surface area contributed by atoms with Crippen LogP contribution in [-0.4, -0.2) is 12.5 Å². The zero-order chi connectivity index (χ0) is 16.2. The standard InChI is InChI=1S/C19H20BrNO2/c1-2-15(13-6-4-3-5-7-13)19(22)21-17-10-11-23-18-9-8-14(20)12-16(17)18/h3-9,12,15,17H,2,10-11H2,1H3,(H,21,22). The lowest BCUT2D eigenvalue weighted by Gasteiger charge is -2.28. The Balaban J connectivity index is 1.80. The minimum atomic E-state index is -0.116. The lowest BCUT2D eigenvalue weighted by molar-refractivity contribution is -0.123. The summed E-state index contributed by atoms with van der Waals surface area (Å²) < 4.78 is 6.69. The highest BCUT2D eigenvalue weighted by Gasteiger charge is 2.26. The third kappa shape index (κ3) is 3.58. The SMILES string of the molecule is CCC(C(=O)NC1CCOc2ccc(Br)cc21)c1ccccc1. The molecule has 0 aromatic heterocycles. The quantitative estimate of drug-likeness (QED) is 0.851. The van der Waals surface area contributed by atoms with Gasteiger partial charge in [-0.1, -0.05) is 53.2 Å². The van der Waals surface area contributed by atoms with E-state index in [9.17, 15) is 4.79 Å². The van der Waals surface area contributed by atoms with Crippen LogP contribution in [-0.2, 0) is 4.79 Å². The van der Waals surface area contributed by atoms with Crippen molar-refractivity contribution in [2.24, 2.45) is 0 Å². The Bertz CT molecular complexity index is 687. The number of ether oxygens (including phenoxy) is 1. The molecule has 2 aromatic rings. The minimum Gasteiger partial charge on any atom is -0.493 e. The second kappa shape index (κ2) is 7.18. The highest BCUT2D eigenvalue weighted by Crippen LogP contribution is 2.34. The van der Waals surface area contributed by atoms with Crippen LogP contribution in [0, 0.1) is 0 Å². The Kier molecular flexibility index (Phi) is 5.01. The molecule has 0 bridgehead atoms. The molecule has 1 aliphatic rings. The van der Waals surface area contributed by atoms with E-state index in [0.717, 1.165) is 34.2 Å². The molecule has 4 heteroatoms. The van der Waals surface area contributed by atoms with E-state index < -0.39 is 0 Å². The van der Waals surface area contributed by atoms with Crippen molar-refractivity contribution in [3.8, 4) is 5.75 Å². The third-order valence-electron chi connectivity index (χ3n) is 4.25. The van der Waals surface area contributed by atoms with E-state index in [4.69, 9.17) is 4.74 Å². The first kappa shape index (κ1) is 16.1. The van der Waals surface area contributed by atoms with Crippen molar-refractivity contribution < 1.29 is 9.53 Å². The molecule has 2 aromatic carbocycles. The summed E-state index contributed by atoms with van der Waals surface area (Å²) in [5.74, 6) is 0.823. The van der Waals surface area contributed by atoms with Crippen LogP contribution in [0.3, 0.4) is 0 Å². The van der Waals surface area contributed by atoms with Gasteiger partial charge in [-0.2, -0.15) is 0 Å². The summed E-state index contributed by atoms with van der Waals surface area (Å²) in [5.41, 5.74) is 2.11. The van der Waals surface area contributed by atoms with Crippen LogP contribution in [0.2, 0.25) is 0 Å². The van der Waals surface area contributed by atoms with E-state index >= 15 is 0 Å². The fourth-order valence-electron chi connectivity index (χ4n) is 3.05. The predicted octanol–water partition coefficient (Wildman–Crippen LogP) is 4.58. The van der Waals surface area contributed by atoms with E-state index in [1.54, 1.807) is 0 Å². The van der Waals surface area contributed by atoms with Crippen LogP contribution in [0.4, 0.5) is 0 Å². The topological polar surface area (TPSA) is 38.3 Å². The van der Waals surface area contributed by atoms with Crippen LogP contribution in [0.15, 0.2) is 53.0 Å². The van der Waals surface area contributed by atoms with Gasteiger partial charge in [-0.15, -0.1) is 0 Å². The largest absolute Gasteiger partial charge is 0.493 e. The number of hydrogen-bond donors (Lipinski definition) is 1.